The maximum atomic E-state index is 11.7. The summed E-state index contributed by atoms with van der Waals surface area (Å²) in [6.07, 6.45) is -0.323. The molecule has 17 heavy (non-hydrogen) atoms. The lowest BCUT2D eigenvalue weighted by molar-refractivity contribution is 0.194. The first kappa shape index (κ1) is 11.7. The Hall–Kier alpha value is -1.81. The van der Waals surface area contributed by atoms with Gasteiger partial charge in [0.25, 0.3) is 0 Å². The van der Waals surface area contributed by atoms with Crippen LogP contribution in [0.3, 0.4) is 0 Å². The second-order valence-electron chi connectivity index (χ2n) is 4.23. The zero-order valence-electron chi connectivity index (χ0n) is 9.73. The quantitative estimate of drug-likeness (QED) is 0.776. The molecule has 90 valence electrons. The number of aromatic hydroxyl groups is 1. The van der Waals surface area contributed by atoms with Gasteiger partial charge in [0.1, 0.15) is 11.3 Å². The lowest BCUT2D eigenvalue weighted by Gasteiger charge is -2.09. The molecule has 2 rings (SSSR count). The molecule has 0 aliphatic carbocycles. The van der Waals surface area contributed by atoms with E-state index in [1.807, 2.05) is 6.92 Å². The number of hydrogen-bond acceptors (Lipinski definition) is 4. The van der Waals surface area contributed by atoms with Crippen molar-refractivity contribution in [3.63, 3.8) is 0 Å². The number of phenols is 1. The number of hydrogen-bond donors (Lipinski definition) is 2. The molecule has 0 saturated carbocycles. The van der Waals surface area contributed by atoms with Gasteiger partial charge in [0.05, 0.1) is 6.10 Å². The number of rotatable bonds is 2. The minimum atomic E-state index is -0.592. The molecule has 0 aliphatic rings. The van der Waals surface area contributed by atoms with Crippen molar-refractivity contribution in [3.8, 4) is 5.75 Å². The molecule has 1 atom stereocenters. The molecule has 0 amide bonds. The molecule has 1 aromatic carbocycles. The van der Waals surface area contributed by atoms with Crippen LogP contribution in [0, 0.1) is 6.92 Å². The van der Waals surface area contributed by atoms with Crippen molar-refractivity contribution in [2.45, 2.75) is 26.4 Å². The summed E-state index contributed by atoms with van der Waals surface area (Å²) in [5.41, 5.74) is 1.18. The molecule has 4 heteroatoms. The van der Waals surface area contributed by atoms with E-state index in [0.717, 1.165) is 10.9 Å². The predicted molar refractivity (Wildman–Crippen MR) is 64.3 cm³/mol. The first-order chi connectivity index (χ1) is 7.99. The van der Waals surface area contributed by atoms with Crippen LogP contribution in [0.5, 0.6) is 5.75 Å². The summed E-state index contributed by atoms with van der Waals surface area (Å²) in [4.78, 5) is 11.7. The van der Waals surface area contributed by atoms with Crippen LogP contribution in [-0.2, 0) is 6.42 Å². The molecule has 0 fully saturated rings. The third kappa shape index (κ3) is 2.17. The predicted octanol–water partition coefficient (Wildman–Crippen LogP) is 1.73. The van der Waals surface area contributed by atoms with E-state index < -0.39 is 11.7 Å². The molecule has 2 aromatic rings. The van der Waals surface area contributed by atoms with Gasteiger partial charge in [-0.2, -0.15) is 0 Å². The van der Waals surface area contributed by atoms with Gasteiger partial charge in [-0.15, -0.1) is 0 Å². The Morgan fingerprint density at radius 3 is 2.76 bits per heavy atom. The molecule has 0 radical (unpaired) electrons. The van der Waals surface area contributed by atoms with Crippen LogP contribution in [0.2, 0.25) is 0 Å². The fraction of sp³-hybridized carbons (Fsp3) is 0.308. The Labute approximate surface area is 98.1 Å². The van der Waals surface area contributed by atoms with Crippen LogP contribution in [0.25, 0.3) is 11.0 Å². The maximum Gasteiger partial charge on any atom is 0.339 e. The smallest absolute Gasteiger partial charge is 0.339 e. The van der Waals surface area contributed by atoms with Gasteiger partial charge in [0.2, 0.25) is 0 Å². The minimum Gasteiger partial charge on any atom is -0.508 e. The second-order valence-corrected chi connectivity index (χ2v) is 4.23. The Morgan fingerprint density at radius 2 is 2.12 bits per heavy atom. The number of aliphatic hydroxyl groups excluding tert-OH is 1. The van der Waals surface area contributed by atoms with Gasteiger partial charge in [-0.25, -0.2) is 4.79 Å². The first-order valence-corrected chi connectivity index (χ1v) is 5.42. The van der Waals surface area contributed by atoms with E-state index in [2.05, 4.69) is 0 Å². The van der Waals surface area contributed by atoms with Crippen LogP contribution in [-0.4, -0.2) is 16.3 Å². The van der Waals surface area contributed by atoms with Crippen molar-refractivity contribution in [2.75, 3.05) is 0 Å². The third-order valence-corrected chi connectivity index (χ3v) is 2.77. The summed E-state index contributed by atoms with van der Waals surface area (Å²) in [7, 11) is 0. The molecule has 0 aliphatic heterocycles. The fourth-order valence-corrected chi connectivity index (χ4v) is 1.91. The van der Waals surface area contributed by atoms with E-state index >= 15 is 0 Å². The summed E-state index contributed by atoms with van der Waals surface area (Å²) in [5, 5.41) is 19.5. The second kappa shape index (κ2) is 4.22. The Balaban J connectivity index is 2.72. The minimum absolute atomic E-state index is 0.0586. The number of benzene rings is 1. The van der Waals surface area contributed by atoms with Crippen LogP contribution in [0.15, 0.2) is 27.4 Å². The lowest BCUT2D eigenvalue weighted by Crippen LogP contribution is -2.16. The van der Waals surface area contributed by atoms with Crippen LogP contribution in [0.1, 0.15) is 18.1 Å². The van der Waals surface area contributed by atoms with E-state index in [9.17, 15) is 15.0 Å². The van der Waals surface area contributed by atoms with Crippen molar-refractivity contribution in [2.24, 2.45) is 0 Å². The van der Waals surface area contributed by atoms with Gasteiger partial charge < -0.3 is 14.6 Å². The molecule has 4 nitrogen and oxygen atoms in total. The van der Waals surface area contributed by atoms with Gasteiger partial charge in [0, 0.05) is 23.4 Å². The van der Waals surface area contributed by atoms with Gasteiger partial charge >= 0.3 is 5.63 Å². The summed E-state index contributed by atoms with van der Waals surface area (Å²) in [6.45, 7) is 3.44. The molecule has 2 N–H and O–H groups in total. The van der Waals surface area contributed by atoms with E-state index in [1.165, 1.54) is 6.07 Å². The highest BCUT2D eigenvalue weighted by molar-refractivity contribution is 5.82. The lowest BCUT2D eigenvalue weighted by atomic mass is 10.0. The summed E-state index contributed by atoms with van der Waals surface area (Å²) in [5.74, 6) is 0.0586. The molecular formula is C13H14O4. The van der Waals surface area contributed by atoms with Crippen LogP contribution >= 0.6 is 0 Å². The monoisotopic (exact) mass is 234 g/mol. The van der Waals surface area contributed by atoms with E-state index in [4.69, 9.17) is 4.42 Å². The molecule has 1 heterocycles. The average Bonchev–Trinajstić information content (AvgIpc) is 2.23. The molecular weight excluding hydrogens is 220 g/mol. The van der Waals surface area contributed by atoms with Gasteiger partial charge in [0.15, 0.2) is 0 Å². The Morgan fingerprint density at radius 1 is 1.41 bits per heavy atom. The van der Waals surface area contributed by atoms with Crippen LogP contribution in [0.4, 0.5) is 0 Å². The first-order valence-electron chi connectivity index (χ1n) is 5.42. The zero-order valence-corrected chi connectivity index (χ0v) is 9.73. The van der Waals surface area contributed by atoms with Crippen molar-refractivity contribution >= 4 is 11.0 Å². The SMILES string of the molecule is Cc1c(CC(C)O)c(=O)oc2cc(O)ccc12. The largest absolute Gasteiger partial charge is 0.508 e. The topological polar surface area (TPSA) is 70.7 Å². The fourth-order valence-electron chi connectivity index (χ4n) is 1.91. The maximum absolute atomic E-state index is 11.7. The highest BCUT2D eigenvalue weighted by Crippen LogP contribution is 2.23. The Bertz CT molecular complexity index is 611. The van der Waals surface area contributed by atoms with Crippen molar-refractivity contribution in [1.29, 1.82) is 0 Å². The van der Waals surface area contributed by atoms with E-state index in [1.54, 1.807) is 19.1 Å². The van der Waals surface area contributed by atoms with Gasteiger partial charge in [-0.3, -0.25) is 0 Å². The third-order valence-electron chi connectivity index (χ3n) is 2.77. The van der Waals surface area contributed by atoms with Crippen LogP contribution < -0.4 is 5.63 Å². The highest BCUT2D eigenvalue weighted by Gasteiger charge is 2.13. The Kier molecular flexibility index (Phi) is 2.90. The summed E-state index contributed by atoms with van der Waals surface area (Å²) < 4.78 is 5.13. The normalized spacial score (nSPS) is 12.9. The molecule has 0 spiro atoms. The highest BCUT2D eigenvalue weighted by atomic mass is 16.4. The zero-order chi connectivity index (χ0) is 12.6. The molecule has 1 aromatic heterocycles. The van der Waals surface area contributed by atoms with Crippen molar-refractivity contribution < 1.29 is 14.6 Å². The standard InChI is InChI=1S/C13H14O4/c1-7(14)5-11-8(2)10-4-3-9(15)6-12(10)17-13(11)16/h3-4,6-7,14-15H,5H2,1-2H3. The summed E-state index contributed by atoms with van der Waals surface area (Å²) in [6, 6.07) is 4.66. The number of aryl methyl sites for hydroxylation is 1. The number of phenolic OH excluding ortho intramolecular Hbond substituents is 1. The molecule has 1 unspecified atom stereocenters. The van der Waals surface area contributed by atoms with E-state index in [0.29, 0.717) is 11.1 Å². The molecule has 0 saturated heterocycles. The molecule has 0 bridgehead atoms. The van der Waals surface area contributed by atoms with Gasteiger partial charge in [-0.05, 0) is 31.5 Å². The van der Waals surface area contributed by atoms with E-state index in [-0.39, 0.29) is 12.2 Å². The van der Waals surface area contributed by atoms with Crippen molar-refractivity contribution in [3.05, 3.63) is 39.7 Å². The summed E-state index contributed by atoms with van der Waals surface area (Å²) >= 11 is 0. The van der Waals surface area contributed by atoms with Crippen molar-refractivity contribution in [1.82, 2.24) is 0 Å². The average molecular weight is 234 g/mol. The van der Waals surface area contributed by atoms with Gasteiger partial charge in [-0.1, -0.05) is 0 Å². The number of aliphatic hydroxyl groups is 1. The number of fused-ring (bicyclic) bond motifs is 1.